The van der Waals surface area contributed by atoms with Crippen molar-refractivity contribution < 1.29 is 9.94 Å². The van der Waals surface area contributed by atoms with Crippen LogP contribution < -0.4 is 0 Å². The maximum atomic E-state index is 10.1. The summed E-state index contributed by atoms with van der Waals surface area (Å²) < 4.78 is 0. The molecule has 0 saturated carbocycles. The van der Waals surface area contributed by atoms with Crippen LogP contribution in [-0.4, -0.2) is 48.6 Å². The van der Waals surface area contributed by atoms with E-state index in [-0.39, 0.29) is 6.61 Å². The summed E-state index contributed by atoms with van der Waals surface area (Å²) in [6.07, 6.45) is 3.44. The van der Waals surface area contributed by atoms with Crippen molar-refractivity contribution in [1.82, 2.24) is 4.90 Å². The Kier molecular flexibility index (Phi) is 6.60. The molecular weight excluding hydrogens is 312 g/mol. The number of rotatable bonds is 7. The van der Waals surface area contributed by atoms with E-state index in [1.807, 2.05) is 30.3 Å². The molecule has 1 unspecified atom stereocenters. The number of hydrogen-bond donors (Lipinski definition) is 1. The average Bonchev–Trinajstić information content (AvgIpc) is 2.67. The van der Waals surface area contributed by atoms with Gasteiger partial charge in [-0.2, -0.15) is 0 Å². The predicted octanol–water partition coefficient (Wildman–Crippen LogP) is 3.28. The molecule has 1 aliphatic rings. The SMILES string of the molecule is OC(CO/N=C\c1ccccc1)CN1CCC(c2ccccc2)CC1. The molecule has 0 radical (unpaired) electrons. The maximum absolute atomic E-state index is 10.1. The largest absolute Gasteiger partial charge is 0.393 e. The van der Waals surface area contributed by atoms with E-state index in [1.165, 1.54) is 5.56 Å². The molecule has 0 aliphatic carbocycles. The summed E-state index contributed by atoms with van der Waals surface area (Å²) in [7, 11) is 0. The van der Waals surface area contributed by atoms with E-state index in [9.17, 15) is 5.11 Å². The maximum Gasteiger partial charge on any atom is 0.144 e. The number of aliphatic hydroxyl groups excluding tert-OH is 1. The van der Waals surface area contributed by atoms with Gasteiger partial charge in [-0.3, -0.25) is 0 Å². The van der Waals surface area contributed by atoms with Crippen LogP contribution in [0.3, 0.4) is 0 Å². The topological polar surface area (TPSA) is 45.1 Å². The third-order valence-corrected chi connectivity index (χ3v) is 4.67. The summed E-state index contributed by atoms with van der Waals surface area (Å²) in [4.78, 5) is 7.54. The molecule has 25 heavy (non-hydrogen) atoms. The summed E-state index contributed by atoms with van der Waals surface area (Å²) in [6.45, 7) is 2.90. The van der Waals surface area contributed by atoms with Crippen LogP contribution in [0.2, 0.25) is 0 Å². The van der Waals surface area contributed by atoms with Crippen LogP contribution in [0.4, 0.5) is 0 Å². The second kappa shape index (κ2) is 9.35. The molecule has 1 N–H and O–H groups in total. The van der Waals surface area contributed by atoms with Crippen LogP contribution in [0.1, 0.15) is 29.9 Å². The van der Waals surface area contributed by atoms with Crippen molar-refractivity contribution in [3.8, 4) is 0 Å². The van der Waals surface area contributed by atoms with Gasteiger partial charge in [0.05, 0.1) is 6.21 Å². The summed E-state index contributed by atoms with van der Waals surface area (Å²) in [5.41, 5.74) is 2.42. The van der Waals surface area contributed by atoms with Crippen LogP contribution in [0.5, 0.6) is 0 Å². The quantitative estimate of drug-likeness (QED) is 0.622. The smallest absolute Gasteiger partial charge is 0.144 e. The fourth-order valence-corrected chi connectivity index (χ4v) is 3.29. The molecule has 0 spiro atoms. The normalized spacial score (nSPS) is 17.6. The minimum atomic E-state index is -0.513. The van der Waals surface area contributed by atoms with Crippen LogP contribution in [-0.2, 0) is 4.84 Å². The lowest BCUT2D eigenvalue weighted by Gasteiger charge is -2.33. The fraction of sp³-hybridized carbons (Fsp3) is 0.381. The number of β-amino-alcohol motifs (C(OH)–C–C–N with tert-alkyl or cyclic N) is 1. The van der Waals surface area contributed by atoms with Gasteiger partial charge >= 0.3 is 0 Å². The van der Waals surface area contributed by atoms with Crippen LogP contribution in [0, 0.1) is 0 Å². The Labute approximate surface area is 149 Å². The van der Waals surface area contributed by atoms with Crippen molar-refractivity contribution in [2.45, 2.75) is 24.9 Å². The molecule has 1 heterocycles. The number of piperidine rings is 1. The first kappa shape index (κ1) is 17.6. The van der Waals surface area contributed by atoms with E-state index in [1.54, 1.807) is 6.21 Å². The second-order valence-corrected chi connectivity index (χ2v) is 6.58. The number of likely N-dealkylation sites (tertiary alicyclic amines) is 1. The first-order valence-corrected chi connectivity index (χ1v) is 8.97. The van der Waals surface area contributed by atoms with E-state index in [2.05, 4.69) is 40.4 Å². The van der Waals surface area contributed by atoms with Crippen molar-refractivity contribution in [2.24, 2.45) is 5.16 Å². The molecular formula is C21H26N2O2. The fourth-order valence-electron chi connectivity index (χ4n) is 3.29. The lowest BCUT2D eigenvalue weighted by molar-refractivity contribution is 0.0152. The molecule has 132 valence electrons. The molecule has 1 atom stereocenters. The first-order valence-electron chi connectivity index (χ1n) is 8.97. The molecule has 1 saturated heterocycles. The van der Waals surface area contributed by atoms with E-state index in [4.69, 9.17) is 4.84 Å². The van der Waals surface area contributed by atoms with Crippen LogP contribution in [0.15, 0.2) is 65.8 Å². The summed E-state index contributed by atoms with van der Waals surface area (Å²) in [6, 6.07) is 20.5. The standard InChI is InChI=1S/C21H26N2O2/c24-21(17-25-22-15-18-7-3-1-4-8-18)16-23-13-11-20(12-14-23)19-9-5-2-6-10-19/h1-10,15,20-21,24H,11-14,16-17H2/b22-15-. The zero-order valence-electron chi connectivity index (χ0n) is 14.5. The van der Waals surface area contributed by atoms with E-state index >= 15 is 0 Å². The van der Waals surface area contributed by atoms with Gasteiger partial charge in [-0.25, -0.2) is 0 Å². The zero-order chi connectivity index (χ0) is 17.3. The monoisotopic (exact) mass is 338 g/mol. The van der Waals surface area contributed by atoms with E-state index < -0.39 is 6.10 Å². The van der Waals surface area contributed by atoms with Gasteiger partial charge in [0.1, 0.15) is 12.7 Å². The van der Waals surface area contributed by atoms with Gasteiger partial charge in [0, 0.05) is 6.54 Å². The number of aliphatic hydroxyl groups is 1. The lowest BCUT2D eigenvalue weighted by atomic mass is 9.89. The lowest BCUT2D eigenvalue weighted by Crippen LogP contribution is -2.39. The zero-order valence-corrected chi connectivity index (χ0v) is 14.5. The average molecular weight is 338 g/mol. The number of oxime groups is 1. The van der Waals surface area contributed by atoms with Gasteiger partial charge in [-0.1, -0.05) is 65.8 Å². The highest BCUT2D eigenvalue weighted by Gasteiger charge is 2.22. The third kappa shape index (κ3) is 5.69. The molecule has 0 aromatic heterocycles. The Hall–Kier alpha value is -2.17. The predicted molar refractivity (Wildman–Crippen MR) is 101 cm³/mol. The van der Waals surface area contributed by atoms with Gasteiger partial charge < -0.3 is 14.8 Å². The molecule has 3 rings (SSSR count). The molecule has 2 aromatic carbocycles. The first-order chi connectivity index (χ1) is 12.3. The van der Waals surface area contributed by atoms with Gasteiger partial charge in [0.15, 0.2) is 0 Å². The van der Waals surface area contributed by atoms with Crippen molar-refractivity contribution in [3.63, 3.8) is 0 Å². The Morgan fingerprint density at radius 3 is 2.36 bits per heavy atom. The van der Waals surface area contributed by atoms with E-state index in [0.717, 1.165) is 31.5 Å². The minimum Gasteiger partial charge on any atom is -0.393 e. The van der Waals surface area contributed by atoms with Crippen molar-refractivity contribution >= 4 is 6.21 Å². The number of nitrogens with zero attached hydrogens (tertiary/aromatic N) is 2. The second-order valence-electron chi connectivity index (χ2n) is 6.58. The molecule has 0 amide bonds. The molecule has 4 heteroatoms. The summed E-state index contributed by atoms with van der Waals surface area (Å²) in [5, 5.41) is 14.1. The van der Waals surface area contributed by atoms with Crippen molar-refractivity contribution in [2.75, 3.05) is 26.2 Å². The molecule has 4 nitrogen and oxygen atoms in total. The van der Waals surface area contributed by atoms with Crippen LogP contribution >= 0.6 is 0 Å². The molecule has 1 aliphatic heterocycles. The highest BCUT2D eigenvalue weighted by molar-refractivity contribution is 5.78. The minimum absolute atomic E-state index is 0.224. The highest BCUT2D eigenvalue weighted by Crippen LogP contribution is 2.27. The molecule has 2 aromatic rings. The van der Waals surface area contributed by atoms with Crippen molar-refractivity contribution in [3.05, 3.63) is 71.8 Å². The summed E-state index contributed by atoms with van der Waals surface area (Å²) >= 11 is 0. The van der Waals surface area contributed by atoms with Gasteiger partial charge in [0.2, 0.25) is 0 Å². The third-order valence-electron chi connectivity index (χ3n) is 4.67. The van der Waals surface area contributed by atoms with Crippen molar-refractivity contribution in [1.29, 1.82) is 0 Å². The van der Waals surface area contributed by atoms with Gasteiger partial charge in [-0.05, 0) is 43.0 Å². The van der Waals surface area contributed by atoms with Crippen LogP contribution in [0.25, 0.3) is 0 Å². The summed E-state index contributed by atoms with van der Waals surface area (Å²) in [5.74, 6) is 0.640. The molecule has 0 bridgehead atoms. The number of benzene rings is 2. The van der Waals surface area contributed by atoms with Gasteiger partial charge in [-0.15, -0.1) is 0 Å². The Bertz CT molecular complexity index is 637. The van der Waals surface area contributed by atoms with Gasteiger partial charge in [0.25, 0.3) is 0 Å². The molecule has 1 fully saturated rings. The Balaban J connectivity index is 1.35. The highest BCUT2D eigenvalue weighted by atomic mass is 16.6. The van der Waals surface area contributed by atoms with E-state index in [0.29, 0.717) is 12.5 Å². The number of hydrogen-bond acceptors (Lipinski definition) is 4. The Morgan fingerprint density at radius 1 is 1.04 bits per heavy atom. The Morgan fingerprint density at radius 2 is 1.68 bits per heavy atom.